The second kappa shape index (κ2) is 6.48. The standard InChI is InChI=1S/C12H17N3O3/c1-2-15(8-7-11(13)14-18)12(17)9-3-5-10(16)6-4-9/h3-6,16,18H,2,7-8H2,1H3,(H2,13,14). The van der Waals surface area contributed by atoms with E-state index in [-0.39, 0.29) is 17.5 Å². The van der Waals surface area contributed by atoms with Crippen molar-refractivity contribution in [3.05, 3.63) is 29.8 Å². The molecular formula is C12H17N3O3. The van der Waals surface area contributed by atoms with E-state index >= 15 is 0 Å². The highest BCUT2D eigenvalue weighted by Crippen LogP contribution is 2.12. The summed E-state index contributed by atoms with van der Waals surface area (Å²) >= 11 is 0. The Morgan fingerprint density at radius 3 is 2.50 bits per heavy atom. The Balaban J connectivity index is 2.70. The first-order valence-corrected chi connectivity index (χ1v) is 5.63. The van der Waals surface area contributed by atoms with Crippen LogP contribution in [0.2, 0.25) is 0 Å². The summed E-state index contributed by atoms with van der Waals surface area (Å²) in [4.78, 5) is 13.7. The molecule has 0 radical (unpaired) electrons. The second-order valence-electron chi connectivity index (χ2n) is 3.77. The zero-order valence-corrected chi connectivity index (χ0v) is 10.2. The van der Waals surface area contributed by atoms with E-state index in [1.54, 1.807) is 17.0 Å². The van der Waals surface area contributed by atoms with Gasteiger partial charge in [-0.3, -0.25) is 4.79 Å². The van der Waals surface area contributed by atoms with Gasteiger partial charge in [0.05, 0.1) is 0 Å². The molecule has 0 saturated heterocycles. The molecule has 6 nitrogen and oxygen atoms in total. The number of amidine groups is 1. The molecule has 0 aliphatic rings. The molecule has 0 heterocycles. The molecule has 0 aliphatic heterocycles. The van der Waals surface area contributed by atoms with E-state index in [1.165, 1.54) is 12.1 Å². The first-order chi connectivity index (χ1) is 8.58. The molecule has 0 bridgehead atoms. The Labute approximate surface area is 105 Å². The van der Waals surface area contributed by atoms with Gasteiger partial charge in [-0.1, -0.05) is 5.16 Å². The summed E-state index contributed by atoms with van der Waals surface area (Å²) < 4.78 is 0. The van der Waals surface area contributed by atoms with Crippen molar-refractivity contribution in [1.29, 1.82) is 0 Å². The highest BCUT2D eigenvalue weighted by molar-refractivity contribution is 5.94. The zero-order chi connectivity index (χ0) is 13.5. The maximum atomic E-state index is 12.1. The fourth-order valence-corrected chi connectivity index (χ4v) is 1.49. The number of phenols is 1. The van der Waals surface area contributed by atoms with E-state index in [9.17, 15) is 4.79 Å². The quantitative estimate of drug-likeness (QED) is 0.314. The van der Waals surface area contributed by atoms with Gasteiger partial charge in [-0.05, 0) is 31.2 Å². The van der Waals surface area contributed by atoms with Crippen molar-refractivity contribution in [2.45, 2.75) is 13.3 Å². The third-order valence-electron chi connectivity index (χ3n) is 2.55. The third-order valence-corrected chi connectivity index (χ3v) is 2.55. The lowest BCUT2D eigenvalue weighted by Crippen LogP contribution is -2.33. The Hall–Kier alpha value is -2.24. The monoisotopic (exact) mass is 251 g/mol. The van der Waals surface area contributed by atoms with Crippen LogP contribution in [0.25, 0.3) is 0 Å². The predicted molar refractivity (Wildman–Crippen MR) is 67.7 cm³/mol. The normalized spacial score (nSPS) is 11.3. The van der Waals surface area contributed by atoms with Crippen LogP contribution in [0.1, 0.15) is 23.7 Å². The molecule has 98 valence electrons. The lowest BCUT2D eigenvalue weighted by molar-refractivity contribution is 0.0768. The summed E-state index contributed by atoms with van der Waals surface area (Å²) in [6, 6.07) is 6.04. The molecule has 1 aromatic carbocycles. The van der Waals surface area contributed by atoms with Gasteiger partial charge in [0.2, 0.25) is 0 Å². The summed E-state index contributed by atoms with van der Waals surface area (Å²) in [5.74, 6) is 0.0569. The molecule has 6 heteroatoms. The zero-order valence-electron chi connectivity index (χ0n) is 10.2. The van der Waals surface area contributed by atoms with Crippen LogP contribution in [0.3, 0.4) is 0 Å². The highest BCUT2D eigenvalue weighted by Gasteiger charge is 2.14. The molecule has 0 saturated carbocycles. The number of amides is 1. The van der Waals surface area contributed by atoms with Crippen LogP contribution < -0.4 is 5.73 Å². The maximum Gasteiger partial charge on any atom is 0.253 e. The Kier molecular flexibility index (Phi) is 4.98. The summed E-state index contributed by atoms with van der Waals surface area (Å²) in [7, 11) is 0. The van der Waals surface area contributed by atoms with E-state index in [1.807, 2.05) is 6.92 Å². The number of carbonyl (C=O) groups excluding carboxylic acids is 1. The van der Waals surface area contributed by atoms with E-state index < -0.39 is 0 Å². The van der Waals surface area contributed by atoms with Crippen molar-refractivity contribution in [3.8, 4) is 5.75 Å². The first-order valence-electron chi connectivity index (χ1n) is 5.63. The topological polar surface area (TPSA) is 99.1 Å². The molecule has 0 spiro atoms. The third kappa shape index (κ3) is 3.65. The Bertz CT molecular complexity index is 429. The van der Waals surface area contributed by atoms with Gasteiger partial charge in [-0.25, -0.2) is 0 Å². The summed E-state index contributed by atoms with van der Waals surface area (Å²) in [5, 5.41) is 20.5. The number of hydrogen-bond donors (Lipinski definition) is 3. The highest BCUT2D eigenvalue weighted by atomic mass is 16.4. The number of aromatic hydroxyl groups is 1. The van der Waals surface area contributed by atoms with Gasteiger partial charge in [0.25, 0.3) is 5.91 Å². The number of benzene rings is 1. The van der Waals surface area contributed by atoms with Crippen molar-refractivity contribution in [2.75, 3.05) is 13.1 Å². The molecule has 1 aromatic rings. The van der Waals surface area contributed by atoms with Crippen LogP contribution in [-0.2, 0) is 0 Å². The van der Waals surface area contributed by atoms with Crippen LogP contribution in [0.15, 0.2) is 29.4 Å². The van der Waals surface area contributed by atoms with Gasteiger partial charge >= 0.3 is 0 Å². The lowest BCUT2D eigenvalue weighted by atomic mass is 10.2. The van der Waals surface area contributed by atoms with E-state index in [4.69, 9.17) is 16.0 Å². The Morgan fingerprint density at radius 2 is 2.00 bits per heavy atom. The minimum Gasteiger partial charge on any atom is -0.508 e. The number of oxime groups is 1. The number of carbonyl (C=O) groups is 1. The average Bonchev–Trinajstić information content (AvgIpc) is 2.39. The van der Waals surface area contributed by atoms with E-state index in [2.05, 4.69) is 5.16 Å². The molecule has 18 heavy (non-hydrogen) atoms. The number of phenolic OH excluding ortho intramolecular Hbond substituents is 1. The first kappa shape index (κ1) is 13.8. The summed E-state index contributed by atoms with van der Waals surface area (Å²) in [6.45, 7) is 2.76. The van der Waals surface area contributed by atoms with Crippen molar-refractivity contribution in [3.63, 3.8) is 0 Å². The van der Waals surface area contributed by atoms with Gasteiger partial charge in [0.1, 0.15) is 11.6 Å². The van der Waals surface area contributed by atoms with Crippen LogP contribution >= 0.6 is 0 Å². The van der Waals surface area contributed by atoms with Gasteiger partial charge in [-0.2, -0.15) is 0 Å². The van der Waals surface area contributed by atoms with E-state index in [0.29, 0.717) is 25.1 Å². The van der Waals surface area contributed by atoms with Crippen LogP contribution in [-0.4, -0.2) is 40.0 Å². The molecule has 0 fully saturated rings. The Morgan fingerprint density at radius 1 is 1.39 bits per heavy atom. The average molecular weight is 251 g/mol. The van der Waals surface area contributed by atoms with Crippen LogP contribution in [0.4, 0.5) is 0 Å². The summed E-state index contributed by atoms with van der Waals surface area (Å²) in [6.07, 6.45) is 0.314. The van der Waals surface area contributed by atoms with Crippen molar-refractivity contribution in [2.24, 2.45) is 10.9 Å². The fourth-order valence-electron chi connectivity index (χ4n) is 1.49. The van der Waals surface area contributed by atoms with Crippen molar-refractivity contribution in [1.82, 2.24) is 4.90 Å². The molecule has 1 amide bonds. The van der Waals surface area contributed by atoms with Crippen LogP contribution in [0.5, 0.6) is 5.75 Å². The molecule has 0 aliphatic carbocycles. The molecular weight excluding hydrogens is 234 g/mol. The van der Waals surface area contributed by atoms with Gasteiger partial charge in [-0.15, -0.1) is 0 Å². The molecule has 4 N–H and O–H groups in total. The number of nitrogens with zero attached hydrogens (tertiary/aromatic N) is 2. The fraction of sp³-hybridized carbons (Fsp3) is 0.333. The minimum absolute atomic E-state index is 0.0898. The van der Waals surface area contributed by atoms with Crippen LogP contribution in [0, 0.1) is 0 Å². The second-order valence-corrected chi connectivity index (χ2v) is 3.77. The SMILES string of the molecule is CCN(CCC(N)=NO)C(=O)c1ccc(O)cc1. The number of nitrogens with two attached hydrogens (primary N) is 1. The smallest absolute Gasteiger partial charge is 0.253 e. The summed E-state index contributed by atoms with van der Waals surface area (Å²) in [5.41, 5.74) is 5.86. The van der Waals surface area contributed by atoms with Crippen molar-refractivity contribution < 1.29 is 15.1 Å². The number of rotatable bonds is 5. The largest absolute Gasteiger partial charge is 0.508 e. The molecule has 0 atom stereocenters. The number of hydrogen-bond acceptors (Lipinski definition) is 4. The maximum absolute atomic E-state index is 12.1. The lowest BCUT2D eigenvalue weighted by Gasteiger charge is -2.20. The van der Waals surface area contributed by atoms with Gasteiger partial charge < -0.3 is 20.9 Å². The van der Waals surface area contributed by atoms with Crippen molar-refractivity contribution >= 4 is 11.7 Å². The van der Waals surface area contributed by atoms with Gasteiger partial charge in [0, 0.05) is 25.1 Å². The van der Waals surface area contributed by atoms with E-state index in [0.717, 1.165) is 0 Å². The molecule has 1 rings (SSSR count). The molecule has 0 aromatic heterocycles. The predicted octanol–water partition coefficient (Wildman–Crippen LogP) is 0.991. The minimum atomic E-state index is -0.150. The molecule has 0 unspecified atom stereocenters. The van der Waals surface area contributed by atoms with Gasteiger partial charge in [0.15, 0.2) is 0 Å².